The highest BCUT2D eigenvalue weighted by atomic mass is 16.2. The minimum absolute atomic E-state index is 0.172. The molecule has 2 N–H and O–H groups in total. The van der Waals surface area contributed by atoms with Gasteiger partial charge in [-0.15, -0.1) is 0 Å². The van der Waals surface area contributed by atoms with Crippen LogP contribution in [0.2, 0.25) is 0 Å². The van der Waals surface area contributed by atoms with Gasteiger partial charge in [0.1, 0.15) is 0 Å². The highest BCUT2D eigenvalue weighted by molar-refractivity contribution is 5.96. The van der Waals surface area contributed by atoms with Crippen molar-refractivity contribution < 1.29 is 9.59 Å². The lowest BCUT2D eigenvalue weighted by Gasteiger charge is -2.08. The van der Waals surface area contributed by atoms with Gasteiger partial charge in [-0.25, -0.2) is 4.68 Å². The van der Waals surface area contributed by atoms with Crippen LogP contribution in [-0.2, 0) is 11.2 Å². The summed E-state index contributed by atoms with van der Waals surface area (Å²) in [6.45, 7) is 0. The summed E-state index contributed by atoms with van der Waals surface area (Å²) < 4.78 is 1.60. The van der Waals surface area contributed by atoms with Crippen LogP contribution in [-0.4, -0.2) is 21.6 Å². The first-order chi connectivity index (χ1) is 13.7. The fraction of sp³-hybridized carbons (Fsp3) is 0.0455. The number of nitrogens with one attached hydrogen (secondary N) is 2. The van der Waals surface area contributed by atoms with E-state index in [4.69, 9.17) is 0 Å². The average Bonchev–Trinajstić information content (AvgIpc) is 3.23. The lowest BCUT2D eigenvalue weighted by atomic mass is 10.0. The van der Waals surface area contributed by atoms with E-state index in [2.05, 4.69) is 16.0 Å². The maximum Gasteiger partial charge on any atom is 0.272 e. The molecule has 0 aliphatic rings. The van der Waals surface area contributed by atoms with Crippen LogP contribution < -0.4 is 10.9 Å². The van der Waals surface area contributed by atoms with Gasteiger partial charge in [-0.3, -0.25) is 20.4 Å². The first-order valence-corrected chi connectivity index (χ1v) is 8.86. The predicted molar refractivity (Wildman–Crippen MR) is 107 cm³/mol. The molecule has 28 heavy (non-hydrogen) atoms. The number of hydrazine groups is 1. The SMILES string of the molecule is O=C(Cc1cccc2ccccc12)NNC(=O)c1cnn(-c2ccccc2)c1. The van der Waals surface area contributed by atoms with Crippen molar-refractivity contribution in [2.24, 2.45) is 0 Å². The number of fused-ring (bicyclic) bond motifs is 1. The molecule has 0 fully saturated rings. The van der Waals surface area contributed by atoms with Gasteiger partial charge in [-0.05, 0) is 28.5 Å². The molecule has 4 rings (SSSR count). The minimum atomic E-state index is -0.423. The molecule has 1 aromatic heterocycles. The highest BCUT2D eigenvalue weighted by Crippen LogP contribution is 2.18. The van der Waals surface area contributed by atoms with Crippen LogP contribution >= 0.6 is 0 Å². The molecule has 0 radical (unpaired) electrons. The monoisotopic (exact) mass is 370 g/mol. The number of amides is 2. The Labute approximate surface area is 161 Å². The van der Waals surface area contributed by atoms with Crippen LogP contribution in [0.15, 0.2) is 85.2 Å². The predicted octanol–water partition coefficient (Wildman–Crippen LogP) is 3.03. The number of hydrogen-bond acceptors (Lipinski definition) is 3. The Morgan fingerprint density at radius 1 is 0.857 bits per heavy atom. The first kappa shape index (κ1) is 17.5. The zero-order chi connectivity index (χ0) is 19.3. The third-order valence-corrected chi connectivity index (χ3v) is 4.41. The van der Waals surface area contributed by atoms with Crippen LogP contribution in [0.1, 0.15) is 15.9 Å². The topological polar surface area (TPSA) is 76.0 Å². The number of carbonyl (C=O) groups is 2. The Bertz CT molecular complexity index is 1130. The molecule has 0 atom stereocenters. The maximum atomic E-state index is 12.3. The average molecular weight is 370 g/mol. The van der Waals surface area contributed by atoms with Gasteiger partial charge in [-0.2, -0.15) is 5.10 Å². The quantitative estimate of drug-likeness (QED) is 0.542. The van der Waals surface area contributed by atoms with E-state index in [1.54, 1.807) is 10.9 Å². The molecule has 2 amide bonds. The van der Waals surface area contributed by atoms with Gasteiger partial charge in [0.05, 0.1) is 23.9 Å². The second-order valence-electron chi connectivity index (χ2n) is 6.33. The molecule has 0 spiro atoms. The Balaban J connectivity index is 1.38. The molecular formula is C22H18N4O2. The van der Waals surface area contributed by atoms with Crippen LogP contribution in [0, 0.1) is 0 Å². The molecule has 6 nitrogen and oxygen atoms in total. The van der Waals surface area contributed by atoms with Gasteiger partial charge in [0.2, 0.25) is 5.91 Å². The van der Waals surface area contributed by atoms with Crippen molar-refractivity contribution in [1.29, 1.82) is 0 Å². The number of carbonyl (C=O) groups excluding carboxylic acids is 2. The summed E-state index contributed by atoms with van der Waals surface area (Å²) in [5, 5.41) is 6.28. The van der Waals surface area contributed by atoms with E-state index < -0.39 is 5.91 Å². The van der Waals surface area contributed by atoms with Crippen LogP contribution in [0.3, 0.4) is 0 Å². The summed E-state index contributed by atoms with van der Waals surface area (Å²) >= 11 is 0. The van der Waals surface area contributed by atoms with E-state index >= 15 is 0 Å². The molecule has 138 valence electrons. The first-order valence-electron chi connectivity index (χ1n) is 8.86. The van der Waals surface area contributed by atoms with Crippen LogP contribution in [0.25, 0.3) is 16.5 Å². The molecule has 0 aliphatic heterocycles. The third-order valence-electron chi connectivity index (χ3n) is 4.41. The zero-order valence-corrected chi connectivity index (χ0v) is 15.0. The van der Waals surface area contributed by atoms with E-state index in [0.29, 0.717) is 5.56 Å². The van der Waals surface area contributed by atoms with Crippen molar-refractivity contribution in [2.75, 3.05) is 0 Å². The van der Waals surface area contributed by atoms with Crippen molar-refractivity contribution in [3.8, 4) is 5.69 Å². The standard InChI is InChI=1S/C22H18N4O2/c27-21(13-17-9-6-8-16-7-4-5-12-20(16)17)24-25-22(28)18-14-23-26(15-18)19-10-2-1-3-11-19/h1-12,14-15H,13H2,(H,24,27)(H,25,28). The number of nitrogens with zero attached hydrogens (tertiary/aromatic N) is 2. The van der Waals surface area contributed by atoms with Gasteiger partial charge < -0.3 is 0 Å². The van der Waals surface area contributed by atoms with Crippen molar-refractivity contribution in [1.82, 2.24) is 20.6 Å². The molecule has 0 aliphatic carbocycles. The molecule has 0 saturated heterocycles. The summed E-state index contributed by atoms with van der Waals surface area (Å²) in [7, 11) is 0. The number of hydrogen-bond donors (Lipinski definition) is 2. The van der Waals surface area contributed by atoms with E-state index in [1.807, 2.05) is 72.8 Å². The molecule has 3 aromatic carbocycles. The van der Waals surface area contributed by atoms with Crippen molar-refractivity contribution in [3.63, 3.8) is 0 Å². The van der Waals surface area contributed by atoms with Crippen molar-refractivity contribution in [3.05, 3.63) is 96.3 Å². The minimum Gasteiger partial charge on any atom is -0.273 e. The maximum absolute atomic E-state index is 12.3. The lowest BCUT2D eigenvalue weighted by Crippen LogP contribution is -2.42. The van der Waals surface area contributed by atoms with Gasteiger partial charge >= 0.3 is 0 Å². The Hall–Kier alpha value is -3.93. The lowest BCUT2D eigenvalue weighted by molar-refractivity contribution is -0.121. The second kappa shape index (κ2) is 7.75. The van der Waals surface area contributed by atoms with Crippen molar-refractivity contribution >= 4 is 22.6 Å². The van der Waals surface area contributed by atoms with Crippen molar-refractivity contribution in [2.45, 2.75) is 6.42 Å². The van der Waals surface area contributed by atoms with Gasteiger partial charge in [0, 0.05) is 6.20 Å². The highest BCUT2D eigenvalue weighted by Gasteiger charge is 2.12. The summed E-state index contributed by atoms with van der Waals surface area (Å²) in [5.74, 6) is -0.714. The Morgan fingerprint density at radius 2 is 1.61 bits per heavy atom. The number of aromatic nitrogens is 2. The summed E-state index contributed by atoms with van der Waals surface area (Å²) in [6.07, 6.45) is 3.24. The Morgan fingerprint density at radius 3 is 2.46 bits per heavy atom. The van der Waals surface area contributed by atoms with Gasteiger partial charge in [0.15, 0.2) is 0 Å². The fourth-order valence-electron chi connectivity index (χ4n) is 3.02. The summed E-state index contributed by atoms with van der Waals surface area (Å²) in [4.78, 5) is 24.6. The van der Waals surface area contributed by atoms with E-state index in [9.17, 15) is 9.59 Å². The molecule has 4 aromatic rings. The van der Waals surface area contributed by atoms with Crippen LogP contribution in [0.5, 0.6) is 0 Å². The summed E-state index contributed by atoms with van der Waals surface area (Å²) in [5.41, 5.74) is 7.02. The molecule has 0 bridgehead atoms. The fourth-order valence-corrected chi connectivity index (χ4v) is 3.02. The normalized spacial score (nSPS) is 10.6. The molecule has 1 heterocycles. The smallest absolute Gasteiger partial charge is 0.272 e. The molecule has 6 heteroatoms. The van der Waals surface area contributed by atoms with Gasteiger partial charge in [0.25, 0.3) is 5.91 Å². The van der Waals surface area contributed by atoms with Gasteiger partial charge in [-0.1, -0.05) is 60.7 Å². The van der Waals surface area contributed by atoms with E-state index in [1.165, 1.54) is 6.20 Å². The largest absolute Gasteiger partial charge is 0.273 e. The summed E-state index contributed by atoms with van der Waals surface area (Å²) in [6, 6.07) is 23.2. The number of para-hydroxylation sites is 1. The van der Waals surface area contributed by atoms with Crippen LogP contribution in [0.4, 0.5) is 0 Å². The third kappa shape index (κ3) is 3.76. The molecule has 0 unspecified atom stereocenters. The number of benzene rings is 3. The zero-order valence-electron chi connectivity index (χ0n) is 15.0. The molecular weight excluding hydrogens is 352 g/mol. The Kier molecular flexibility index (Phi) is 4.84. The molecule has 0 saturated carbocycles. The van der Waals surface area contributed by atoms with E-state index in [0.717, 1.165) is 22.0 Å². The second-order valence-corrected chi connectivity index (χ2v) is 6.33. The van der Waals surface area contributed by atoms with E-state index in [-0.39, 0.29) is 12.3 Å². The number of rotatable bonds is 4.